The molecule has 26 heavy (non-hydrogen) atoms. The number of carbonyl (C=O) groups excluding carboxylic acids is 2. The minimum Gasteiger partial charge on any atom is -0.376 e. The van der Waals surface area contributed by atoms with Crippen molar-refractivity contribution in [3.63, 3.8) is 0 Å². The van der Waals surface area contributed by atoms with Gasteiger partial charge in [0.1, 0.15) is 0 Å². The molecular formula is C21H21N3O2. The molecule has 132 valence electrons. The van der Waals surface area contributed by atoms with Gasteiger partial charge in [0.15, 0.2) is 0 Å². The Morgan fingerprint density at radius 3 is 2.27 bits per heavy atom. The predicted octanol–water partition coefficient (Wildman–Crippen LogP) is 3.64. The van der Waals surface area contributed by atoms with E-state index >= 15 is 0 Å². The van der Waals surface area contributed by atoms with E-state index in [1.807, 2.05) is 43.3 Å². The molecule has 3 rings (SSSR count). The fourth-order valence-electron chi connectivity index (χ4n) is 2.65. The van der Waals surface area contributed by atoms with Crippen LogP contribution in [0.5, 0.6) is 0 Å². The van der Waals surface area contributed by atoms with E-state index in [-0.39, 0.29) is 18.4 Å². The standard InChI is InChI=1S/C21H21N3O2/c1-2-22-21(26)16-8-10-18(11-9-16)24-20(25)14-23-19-12-7-15-5-3-4-6-17(15)13-19/h3-13,23H,2,14H2,1H3,(H,22,26)(H,24,25). The molecule has 0 atom stereocenters. The quantitative estimate of drug-likeness (QED) is 0.637. The smallest absolute Gasteiger partial charge is 0.251 e. The summed E-state index contributed by atoms with van der Waals surface area (Å²) in [5.41, 5.74) is 2.12. The van der Waals surface area contributed by atoms with Crippen LogP contribution in [-0.2, 0) is 4.79 Å². The first-order valence-electron chi connectivity index (χ1n) is 8.56. The maximum absolute atomic E-state index is 12.1. The first-order chi connectivity index (χ1) is 12.7. The van der Waals surface area contributed by atoms with E-state index in [1.54, 1.807) is 24.3 Å². The number of benzene rings is 3. The molecule has 3 aromatic rings. The molecule has 0 aliphatic carbocycles. The Balaban J connectivity index is 1.55. The SMILES string of the molecule is CCNC(=O)c1ccc(NC(=O)CNc2ccc3ccccc3c2)cc1. The number of rotatable bonds is 6. The number of nitrogens with one attached hydrogen (secondary N) is 3. The molecule has 2 amide bonds. The van der Waals surface area contributed by atoms with Crippen molar-refractivity contribution in [2.45, 2.75) is 6.92 Å². The highest BCUT2D eigenvalue weighted by Gasteiger charge is 2.06. The maximum Gasteiger partial charge on any atom is 0.251 e. The van der Waals surface area contributed by atoms with Gasteiger partial charge in [0, 0.05) is 23.5 Å². The monoisotopic (exact) mass is 347 g/mol. The molecule has 0 aromatic heterocycles. The summed E-state index contributed by atoms with van der Waals surface area (Å²) in [4.78, 5) is 23.8. The van der Waals surface area contributed by atoms with Gasteiger partial charge in [-0.3, -0.25) is 9.59 Å². The van der Waals surface area contributed by atoms with Crippen molar-refractivity contribution in [3.8, 4) is 0 Å². The van der Waals surface area contributed by atoms with Gasteiger partial charge in [0.2, 0.25) is 5.91 Å². The number of fused-ring (bicyclic) bond motifs is 1. The topological polar surface area (TPSA) is 70.2 Å². The van der Waals surface area contributed by atoms with Gasteiger partial charge in [0.05, 0.1) is 6.54 Å². The second-order valence-electron chi connectivity index (χ2n) is 5.90. The van der Waals surface area contributed by atoms with Gasteiger partial charge in [-0.05, 0) is 54.1 Å². The first kappa shape index (κ1) is 17.5. The molecule has 5 nitrogen and oxygen atoms in total. The number of anilines is 2. The largest absolute Gasteiger partial charge is 0.376 e. The normalized spacial score (nSPS) is 10.3. The Morgan fingerprint density at radius 1 is 0.846 bits per heavy atom. The Kier molecular flexibility index (Phi) is 5.49. The van der Waals surface area contributed by atoms with E-state index < -0.39 is 0 Å². The van der Waals surface area contributed by atoms with Crippen molar-refractivity contribution in [2.24, 2.45) is 0 Å². The Morgan fingerprint density at radius 2 is 1.54 bits per heavy atom. The summed E-state index contributed by atoms with van der Waals surface area (Å²) >= 11 is 0. The van der Waals surface area contributed by atoms with Crippen molar-refractivity contribution >= 4 is 34.0 Å². The molecule has 0 fully saturated rings. The zero-order valence-corrected chi connectivity index (χ0v) is 14.6. The Bertz CT molecular complexity index is 920. The highest BCUT2D eigenvalue weighted by molar-refractivity contribution is 5.97. The van der Waals surface area contributed by atoms with Crippen LogP contribution in [0.15, 0.2) is 66.7 Å². The third-order valence-corrected chi connectivity index (χ3v) is 3.97. The molecular weight excluding hydrogens is 326 g/mol. The maximum atomic E-state index is 12.1. The van der Waals surface area contributed by atoms with E-state index in [9.17, 15) is 9.59 Å². The van der Waals surface area contributed by atoms with Crippen LogP contribution in [0.4, 0.5) is 11.4 Å². The van der Waals surface area contributed by atoms with E-state index in [2.05, 4.69) is 22.0 Å². The van der Waals surface area contributed by atoms with E-state index in [4.69, 9.17) is 0 Å². The molecule has 0 saturated heterocycles. The molecule has 3 N–H and O–H groups in total. The van der Waals surface area contributed by atoms with Gasteiger partial charge in [-0.25, -0.2) is 0 Å². The number of amides is 2. The van der Waals surface area contributed by atoms with Crippen LogP contribution in [0.3, 0.4) is 0 Å². The van der Waals surface area contributed by atoms with Gasteiger partial charge in [-0.1, -0.05) is 30.3 Å². The summed E-state index contributed by atoms with van der Waals surface area (Å²) in [5, 5.41) is 11.0. The third kappa shape index (κ3) is 4.39. The number of hydrogen-bond donors (Lipinski definition) is 3. The van der Waals surface area contributed by atoms with Crippen LogP contribution in [-0.4, -0.2) is 24.9 Å². The average Bonchev–Trinajstić information content (AvgIpc) is 2.67. The lowest BCUT2D eigenvalue weighted by Gasteiger charge is -2.09. The number of carbonyl (C=O) groups is 2. The van der Waals surface area contributed by atoms with Crippen molar-refractivity contribution in [1.82, 2.24) is 5.32 Å². The molecule has 0 saturated carbocycles. The molecule has 0 heterocycles. The van der Waals surface area contributed by atoms with Crippen molar-refractivity contribution < 1.29 is 9.59 Å². The molecule has 0 aliphatic rings. The molecule has 3 aromatic carbocycles. The Hall–Kier alpha value is -3.34. The van der Waals surface area contributed by atoms with E-state index in [0.717, 1.165) is 16.5 Å². The second kappa shape index (κ2) is 8.16. The predicted molar refractivity (Wildman–Crippen MR) is 106 cm³/mol. The summed E-state index contributed by atoms with van der Waals surface area (Å²) in [5.74, 6) is -0.271. The molecule has 0 spiro atoms. The summed E-state index contributed by atoms with van der Waals surface area (Å²) in [7, 11) is 0. The summed E-state index contributed by atoms with van der Waals surface area (Å²) in [6, 6.07) is 20.9. The van der Waals surface area contributed by atoms with Crippen LogP contribution in [0.2, 0.25) is 0 Å². The van der Waals surface area contributed by atoms with Gasteiger partial charge < -0.3 is 16.0 Å². The second-order valence-corrected chi connectivity index (χ2v) is 5.90. The van der Waals surface area contributed by atoms with E-state index in [1.165, 1.54) is 0 Å². The minimum absolute atomic E-state index is 0.122. The average molecular weight is 347 g/mol. The van der Waals surface area contributed by atoms with Gasteiger partial charge in [0.25, 0.3) is 5.91 Å². The summed E-state index contributed by atoms with van der Waals surface area (Å²) in [6.45, 7) is 2.61. The lowest BCUT2D eigenvalue weighted by Crippen LogP contribution is -2.23. The minimum atomic E-state index is -0.149. The lowest BCUT2D eigenvalue weighted by molar-refractivity contribution is -0.114. The highest BCUT2D eigenvalue weighted by atomic mass is 16.2. The van der Waals surface area contributed by atoms with Crippen LogP contribution in [0.25, 0.3) is 10.8 Å². The van der Waals surface area contributed by atoms with Crippen molar-refractivity contribution in [1.29, 1.82) is 0 Å². The lowest BCUT2D eigenvalue weighted by atomic mass is 10.1. The Labute approximate surface area is 152 Å². The van der Waals surface area contributed by atoms with Gasteiger partial charge >= 0.3 is 0 Å². The third-order valence-electron chi connectivity index (χ3n) is 3.97. The molecule has 5 heteroatoms. The first-order valence-corrected chi connectivity index (χ1v) is 8.56. The van der Waals surface area contributed by atoms with Crippen LogP contribution >= 0.6 is 0 Å². The summed E-state index contributed by atoms with van der Waals surface area (Å²) in [6.07, 6.45) is 0. The van der Waals surface area contributed by atoms with Crippen molar-refractivity contribution in [3.05, 3.63) is 72.3 Å². The van der Waals surface area contributed by atoms with Crippen LogP contribution < -0.4 is 16.0 Å². The van der Waals surface area contributed by atoms with Crippen LogP contribution in [0, 0.1) is 0 Å². The van der Waals surface area contributed by atoms with E-state index in [0.29, 0.717) is 17.8 Å². The molecule has 0 unspecified atom stereocenters. The van der Waals surface area contributed by atoms with Gasteiger partial charge in [-0.2, -0.15) is 0 Å². The summed E-state index contributed by atoms with van der Waals surface area (Å²) < 4.78 is 0. The fraction of sp³-hybridized carbons (Fsp3) is 0.143. The fourth-order valence-corrected chi connectivity index (χ4v) is 2.65. The van der Waals surface area contributed by atoms with Crippen molar-refractivity contribution in [2.75, 3.05) is 23.7 Å². The molecule has 0 aliphatic heterocycles. The zero-order chi connectivity index (χ0) is 18.4. The number of hydrogen-bond acceptors (Lipinski definition) is 3. The molecule has 0 radical (unpaired) electrons. The van der Waals surface area contributed by atoms with Gasteiger partial charge in [-0.15, -0.1) is 0 Å². The zero-order valence-electron chi connectivity index (χ0n) is 14.6. The highest BCUT2D eigenvalue weighted by Crippen LogP contribution is 2.18. The molecule has 0 bridgehead atoms. The van der Waals surface area contributed by atoms with Crippen LogP contribution in [0.1, 0.15) is 17.3 Å².